The number of halogens is 1. The smallest absolute Gasteiger partial charge is 0.239 e. The third kappa shape index (κ3) is 7.34. The molecule has 0 radical (unpaired) electrons. The number of amides is 2. The molecule has 7 heteroatoms. The van der Waals surface area contributed by atoms with E-state index in [2.05, 4.69) is 10.6 Å². The molecular formula is C16H26ClN3O3. The summed E-state index contributed by atoms with van der Waals surface area (Å²) in [5.41, 5.74) is 6.22. The molecule has 0 aliphatic heterocycles. The highest BCUT2D eigenvalue weighted by Crippen LogP contribution is 2.20. The van der Waals surface area contributed by atoms with Crippen molar-refractivity contribution in [3.8, 4) is 5.75 Å². The minimum absolute atomic E-state index is 0. The number of benzene rings is 1. The van der Waals surface area contributed by atoms with Gasteiger partial charge in [-0.2, -0.15) is 0 Å². The van der Waals surface area contributed by atoms with Crippen LogP contribution in [0.15, 0.2) is 24.3 Å². The largest absolute Gasteiger partial charge is 0.496 e. The van der Waals surface area contributed by atoms with Gasteiger partial charge in [-0.15, -0.1) is 12.4 Å². The Bertz CT molecular complexity index is 509. The molecular weight excluding hydrogens is 318 g/mol. The van der Waals surface area contributed by atoms with E-state index < -0.39 is 0 Å². The van der Waals surface area contributed by atoms with Crippen LogP contribution >= 0.6 is 12.4 Å². The number of nitrogens with one attached hydrogen (secondary N) is 2. The minimum atomic E-state index is -0.346. The molecule has 130 valence electrons. The minimum Gasteiger partial charge on any atom is -0.496 e. The van der Waals surface area contributed by atoms with Crippen LogP contribution in [0.25, 0.3) is 0 Å². The van der Waals surface area contributed by atoms with Crippen LogP contribution in [0.1, 0.15) is 19.4 Å². The molecule has 0 saturated heterocycles. The molecule has 1 rings (SSSR count). The lowest BCUT2D eigenvalue weighted by Gasteiger charge is -2.23. The molecule has 0 aromatic heterocycles. The molecule has 1 atom stereocenters. The van der Waals surface area contributed by atoms with E-state index in [1.54, 1.807) is 7.11 Å². The van der Waals surface area contributed by atoms with Gasteiger partial charge >= 0.3 is 0 Å². The normalized spacial score (nSPS) is 11.3. The number of carbonyl (C=O) groups excluding carboxylic acids is 2. The Morgan fingerprint density at radius 1 is 1.22 bits per heavy atom. The van der Waals surface area contributed by atoms with E-state index in [1.807, 2.05) is 38.1 Å². The van der Waals surface area contributed by atoms with Crippen molar-refractivity contribution in [2.24, 2.45) is 11.7 Å². The number of hydrogen-bond acceptors (Lipinski definition) is 4. The number of ether oxygens (including phenoxy) is 1. The molecule has 1 unspecified atom stereocenters. The summed E-state index contributed by atoms with van der Waals surface area (Å²) in [5.74, 6) is 0.481. The number of hydrogen-bond donors (Lipinski definition) is 3. The van der Waals surface area contributed by atoms with Crippen LogP contribution in [0.3, 0.4) is 0 Å². The van der Waals surface area contributed by atoms with Gasteiger partial charge in [0.25, 0.3) is 0 Å². The topological polar surface area (TPSA) is 93.5 Å². The van der Waals surface area contributed by atoms with Crippen molar-refractivity contribution in [1.29, 1.82) is 0 Å². The first-order chi connectivity index (χ1) is 10.5. The van der Waals surface area contributed by atoms with Gasteiger partial charge in [0.15, 0.2) is 0 Å². The summed E-state index contributed by atoms with van der Waals surface area (Å²) in [7, 11) is 1.63. The molecule has 0 saturated carbocycles. The number of nitrogens with two attached hydrogens (primary N) is 1. The van der Waals surface area contributed by atoms with Crippen molar-refractivity contribution in [1.82, 2.24) is 10.6 Å². The monoisotopic (exact) mass is 343 g/mol. The molecule has 0 aliphatic rings. The number of para-hydroxylation sites is 1. The first-order valence-electron chi connectivity index (χ1n) is 7.36. The third-order valence-corrected chi connectivity index (χ3v) is 3.41. The summed E-state index contributed by atoms with van der Waals surface area (Å²) in [6, 6.07) is 7.69. The van der Waals surface area contributed by atoms with Crippen LogP contribution in [0.5, 0.6) is 5.75 Å². The second-order valence-electron chi connectivity index (χ2n) is 5.41. The average molecular weight is 344 g/mol. The van der Waals surface area contributed by atoms with Gasteiger partial charge in [0.1, 0.15) is 5.75 Å². The van der Waals surface area contributed by atoms with Crippen LogP contribution in [-0.4, -0.2) is 38.1 Å². The first kappa shape index (κ1) is 21.2. The van der Waals surface area contributed by atoms with E-state index in [0.29, 0.717) is 6.42 Å². The third-order valence-electron chi connectivity index (χ3n) is 3.41. The van der Waals surface area contributed by atoms with Crippen molar-refractivity contribution < 1.29 is 14.3 Å². The van der Waals surface area contributed by atoms with Crippen molar-refractivity contribution >= 4 is 24.2 Å². The lowest BCUT2D eigenvalue weighted by Crippen LogP contribution is -2.46. The fourth-order valence-corrected chi connectivity index (χ4v) is 2.07. The standard InChI is InChI=1S/C16H25N3O3.ClH/c1-11(2)13(19-16(21)10-18-15(20)9-17)8-12-6-4-5-7-14(12)22-3;/h4-7,11,13H,8-10,17H2,1-3H3,(H,18,20)(H,19,21);1H. The second kappa shape index (κ2) is 10.9. The number of carbonyl (C=O) groups is 2. The van der Waals surface area contributed by atoms with Gasteiger partial charge in [-0.1, -0.05) is 32.0 Å². The Balaban J connectivity index is 0.00000484. The van der Waals surface area contributed by atoms with Crippen LogP contribution in [-0.2, 0) is 16.0 Å². The zero-order chi connectivity index (χ0) is 16.5. The summed E-state index contributed by atoms with van der Waals surface area (Å²) in [4.78, 5) is 23.0. The number of rotatable bonds is 8. The zero-order valence-corrected chi connectivity index (χ0v) is 14.6. The zero-order valence-electron chi connectivity index (χ0n) is 13.8. The lowest BCUT2D eigenvalue weighted by molar-refractivity contribution is -0.125. The van der Waals surface area contributed by atoms with E-state index in [1.165, 1.54) is 0 Å². The fraction of sp³-hybridized carbons (Fsp3) is 0.500. The summed E-state index contributed by atoms with van der Waals surface area (Å²) in [6.45, 7) is 3.89. The van der Waals surface area contributed by atoms with E-state index >= 15 is 0 Å². The van der Waals surface area contributed by atoms with E-state index in [-0.39, 0.29) is 49.3 Å². The Hall–Kier alpha value is -1.79. The van der Waals surface area contributed by atoms with Crippen molar-refractivity contribution in [2.75, 3.05) is 20.2 Å². The molecule has 4 N–H and O–H groups in total. The molecule has 6 nitrogen and oxygen atoms in total. The van der Waals surface area contributed by atoms with E-state index in [9.17, 15) is 9.59 Å². The van der Waals surface area contributed by atoms with Crippen LogP contribution < -0.4 is 21.1 Å². The molecule has 1 aromatic rings. The molecule has 0 bridgehead atoms. The van der Waals surface area contributed by atoms with E-state index in [4.69, 9.17) is 10.5 Å². The maximum absolute atomic E-state index is 11.9. The van der Waals surface area contributed by atoms with Crippen molar-refractivity contribution in [3.05, 3.63) is 29.8 Å². The average Bonchev–Trinajstić information content (AvgIpc) is 2.52. The summed E-state index contributed by atoms with van der Waals surface area (Å²) in [5, 5.41) is 5.41. The molecule has 0 heterocycles. The van der Waals surface area contributed by atoms with Gasteiger partial charge in [-0.25, -0.2) is 0 Å². The molecule has 23 heavy (non-hydrogen) atoms. The van der Waals surface area contributed by atoms with Crippen molar-refractivity contribution in [2.45, 2.75) is 26.3 Å². The number of methoxy groups -OCH3 is 1. The Morgan fingerprint density at radius 3 is 2.43 bits per heavy atom. The maximum Gasteiger partial charge on any atom is 0.239 e. The first-order valence-corrected chi connectivity index (χ1v) is 7.36. The molecule has 1 aromatic carbocycles. The van der Waals surface area contributed by atoms with Gasteiger partial charge in [0.05, 0.1) is 20.2 Å². The predicted octanol–water partition coefficient (Wildman–Crippen LogP) is 0.875. The highest BCUT2D eigenvalue weighted by Gasteiger charge is 2.18. The second-order valence-corrected chi connectivity index (χ2v) is 5.41. The van der Waals surface area contributed by atoms with Crippen LogP contribution in [0, 0.1) is 5.92 Å². The highest BCUT2D eigenvalue weighted by molar-refractivity contribution is 5.85. The van der Waals surface area contributed by atoms with E-state index in [0.717, 1.165) is 11.3 Å². The van der Waals surface area contributed by atoms with Gasteiger partial charge in [-0.3, -0.25) is 9.59 Å². The molecule has 0 spiro atoms. The molecule has 2 amide bonds. The van der Waals surface area contributed by atoms with Gasteiger partial charge < -0.3 is 21.1 Å². The lowest BCUT2D eigenvalue weighted by atomic mass is 9.96. The maximum atomic E-state index is 11.9. The molecule has 0 fully saturated rings. The summed E-state index contributed by atoms with van der Waals surface area (Å²) in [6.07, 6.45) is 0.665. The van der Waals surface area contributed by atoms with Crippen LogP contribution in [0.4, 0.5) is 0 Å². The van der Waals surface area contributed by atoms with Gasteiger partial charge in [-0.05, 0) is 24.0 Å². The Morgan fingerprint density at radius 2 is 1.87 bits per heavy atom. The van der Waals surface area contributed by atoms with Crippen molar-refractivity contribution in [3.63, 3.8) is 0 Å². The Kier molecular flexibility index (Phi) is 10.0. The van der Waals surface area contributed by atoms with Gasteiger partial charge in [0.2, 0.25) is 11.8 Å². The Labute approximate surface area is 143 Å². The summed E-state index contributed by atoms with van der Waals surface area (Å²) >= 11 is 0. The van der Waals surface area contributed by atoms with Crippen LogP contribution in [0.2, 0.25) is 0 Å². The molecule has 0 aliphatic carbocycles. The van der Waals surface area contributed by atoms with Gasteiger partial charge in [0, 0.05) is 6.04 Å². The summed E-state index contributed by atoms with van der Waals surface area (Å²) < 4.78 is 5.34. The highest BCUT2D eigenvalue weighted by atomic mass is 35.5. The quantitative estimate of drug-likeness (QED) is 0.653. The predicted molar refractivity (Wildman–Crippen MR) is 92.8 cm³/mol. The SMILES string of the molecule is COc1ccccc1CC(NC(=O)CNC(=O)CN)C(C)C.Cl. The fourth-order valence-electron chi connectivity index (χ4n) is 2.07.